The molecule has 0 bridgehead atoms. The standard InChI is InChI=1S/C20H32ClN3O2/c1-5-15(2)24-11-8-17(9-12-24)26-19-7-6-16(14-18(19)21)20(25)22-10-13-23(3)4/h6-7,14-15,17H,5,8-13H2,1-4H3,(H,22,25)/t15-/m1/s1. The van der Waals surface area contributed by atoms with Gasteiger partial charge in [0, 0.05) is 37.8 Å². The number of benzene rings is 1. The molecule has 26 heavy (non-hydrogen) atoms. The van der Waals surface area contributed by atoms with Crippen molar-refractivity contribution in [3.05, 3.63) is 28.8 Å². The van der Waals surface area contributed by atoms with Gasteiger partial charge in [0.1, 0.15) is 11.9 Å². The Bertz CT molecular complexity index is 586. The number of rotatable bonds is 8. The second kappa shape index (κ2) is 10.1. The van der Waals surface area contributed by atoms with E-state index in [1.54, 1.807) is 12.1 Å². The van der Waals surface area contributed by atoms with Gasteiger partial charge in [-0.15, -0.1) is 0 Å². The van der Waals surface area contributed by atoms with Crippen LogP contribution in [0, 0.1) is 0 Å². The highest BCUT2D eigenvalue weighted by atomic mass is 35.5. The van der Waals surface area contributed by atoms with Crippen LogP contribution in [0.3, 0.4) is 0 Å². The molecule has 0 aromatic heterocycles. The molecule has 2 rings (SSSR count). The Labute approximate surface area is 162 Å². The maximum atomic E-state index is 12.2. The van der Waals surface area contributed by atoms with Gasteiger partial charge in [-0.05, 0) is 58.5 Å². The Balaban J connectivity index is 1.87. The number of hydrogen-bond donors (Lipinski definition) is 1. The Hall–Kier alpha value is -1.30. The van der Waals surface area contributed by atoms with E-state index in [0.717, 1.165) is 32.5 Å². The number of nitrogens with zero attached hydrogens (tertiary/aromatic N) is 2. The van der Waals surface area contributed by atoms with Crippen LogP contribution in [0.25, 0.3) is 0 Å². The third-order valence-corrected chi connectivity index (χ3v) is 5.32. The average Bonchev–Trinajstić information content (AvgIpc) is 2.63. The van der Waals surface area contributed by atoms with Crippen molar-refractivity contribution >= 4 is 17.5 Å². The second-order valence-electron chi connectivity index (χ2n) is 7.31. The summed E-state index contributed by atoms with van der Waals surface area (Å²) >= 11 is 6.36. The summed E-state index contributed by atoms with van der Waals surface area (Å²) in [5.41, 5.74) is 0.563. The summed E-state index contributed by atoms with van der Waals surface area (Å²) in [5, 5.41) is 3.39. The largest absolute Gasteiger partial charge is 0.489 e. The van der Waals surface area contributed by atoms with Crippen molar-refractivity contribution < 1.29 is 9.53 Å². The number of amides is 1. The fourth-order valence-electron chi connectivity index (χ4n) is 3.10. The van der Waals surface area contributed by atoms with E-state index >= 15 is 0 Å². The molecule has 1 amide bonds. The highest BCUT2D eigenvalue weighted by Crippen LogP contribution is 2.28. The van der Waals surface area contributed by atoms with Gasteiger partial charge in [0.2, 0.25) is 0 Å². The van der Waals surface area contributed by atoms with Crippen LogP contribution in [0.1, 0.15) is 43.5 Å². The molecule has 0 unspecified atom stereocenters. The van der Waals surface area contributed by atoms with E-state index < -0.39 is 0 Å². The topological polar surface area (TPSA) is 44.8 Å². The molecule has 1 aliphatic heterocycles. The molecule has 0 aliphatic carbocycles. The molecule has 1 aromatic rings. The summed E-state index contributed by atoms with van der Waals surface area (Å²) in [6.07, 6.45) is 3.38. The van der Waals surface area contributed by atoms with Crippen LogP contribution >= 0.6 is 11.6 Å². The van der Waals surface area contributed by atoms with E-state index in [2.05, 4.69) is 24.1 Å². The molecule has 146 valence electrons. The van der Waals surface area contributed by atoms with E-state index in [-0.39, 0.29) is 12.0 Å². The number of carbonyl (C=O) groups is 1. The van der Waals surface area contributed by atoms with Gasteiger partial charge >= 0.3 is 0 Å². The Kier molecular flexibility index (Phi) is 8.19. The minimum atomic E-state index is -0.109. The first kappa shape index (κ1) is 21.0. The van der Waals surface area contributed by atoms with E-state index in [1.165, 1.54) is 6.42 Å². The van der Waals surface area contributed by atoms with Crippen molar-refractivity contribution in [2.24, 2.45) is 0 Å². The van der Waals surface area contributed by atoms with Gasteiger partial charge in [0.05, 0.1) is 5.02 Å². The number of halogens is 1. The molecule has 1 saturated heterocycles. The summed E-state index contributed by atoms with van der Waals surface area (Å²) < 4.78 is 6.10. The SMILES string of the molecule is CC[C@@H](C)N1CCC(Oc2ccc(C(=O)NCCN(C)C)cc2Cl)CC1. The van der Waals surface area contributed by atoms with Crippen LogP contribution in [-0.4, -0.2) is 68.1 Å². The third-order valence-electron chi connectivity index (χ3n) is 5.02. The first-order valence-electron chi connectivity index (χ1n) is 9.54. The number of carbonyl (C=O) groups excluding carboxylic acids is 1. The normalized spacial score (nSPS) is 17.3. The molecule has 1 heterocycles. The predicted molar refractivity (Wildman–Crippen MR) is 107 cm³/mol. The first-order valence-corrected chi connectivity index (χ1v) is 9.91. The van der Waals surface area contributed by atoms with E-state index in [9.17, 15) is 4.79 Å². The van der Waals surface area contributed by atoms with Crippen LogP contribution < -0.4 is 10.1 Å². The van der Waals surface area contributed by atoms with Gasteiger partial charge in [-0.3, -0.25) is 4.79 Å². The molecule has 1 aliphatic rings. The summed E-state index contributed by atoms with van der Waals surface area (Å²) in [4.78, 5) is 16.7. The van der Waals surface area contributed by atoms with Gasteiger partial charge in [0.15, 0.2) is 0 Å². The number of piperidine rings is 1. The van der Waals surface area contributed by atoms with Gasteiger partial charge in [-0.1, -0.05) is 18.5 Å². The smallest absolute Gasteiger partial charge is 0.251 e. The Morgan fingerprint density at radius 3 is 2.65 bits per heavy atom. The van der Waals surface area contributed by atoms with Crippen molar-refractivity contribution in [2.45, 2.75) is 45.3 Å². The van der Waals surface area contributed by atoms with Crippen molar-refractivity contribution in [1.82, 2.24) is 15.1 Å². The lowest BCUT2D eigenvalue weighted by Crippen LogP contribution is -2.42. The highest BCUT2D eigenvalue weighted by Gasteiger charge is 2.23. The second-order valence-corrected chi connectivity index (χ2v) is 7.72. The highest BCUT2D eigenvalue weighted by molar-refractivity contribution is 6.32. The number of nitrogens with one attached hydrogen (secondary N) is 1. The first-order chi connectivity index (χ1) is 12.4. The number of likely N-dealkylation sites (N-methyl/N-ethyl adjacent to an activating group) is 1. The minimum Gasteiger partial charge on any atom is -0.489 e. The zero-order valence-electron chi connectivity index (χ0n) is 16.4. The van der Waals surface area contributed by atoms with Crippen molar-refractivity contribution in [3.8, 4) is 5.75 Å². The van der Waals surface area contributed by atoms with Gasteiger partial charge < -0.3 is 19.9 Å². The van der Waals surface area contributed by atoms with E-state index in [0.29, 0.717) is 28.9 Å². The van der Waals surface area contributed by atoms with Crippen LogP contribution in [0.15, 0.2) is 18.2 Å². The van der Waals surface area contributed by atoms with Crippen molar-refractivity contribution in [3.63, 3.8) is 0 Å². The van der Waals surface area contributed by atoms with Gasteiger partial charge in [-0.2, -0.15) is 0 Å². The molecule has 1 fully saturated rings. The molecular formula is C20H32ClN3O2. The minimum absolute atomic E-state index is 0.109. The molecule has 6 heteroatoms. The molecule has 0 spiro atoms. The van der Waals surface area contributed by atoms with E-state index in [1.807, 2.05) is 25.1 Å². The zero-order valence-corrected chi connectivity index (χ0v) is 17.2. The lowest BCUT2D eigenvalue weighted by molar-refractivity contribution is 0.0788. The Morgan fingerprint density at radius 1 is 1.38 bits per heavy atom. The average molecular weight is 382 g/mol. The molecule has 0 radical (unpaired) electrons. The number of ether oxygens (including phenoxy) is 1. The summed E-state index contributed by atoms with van der Waals surface area (Å²) in [7, 11) is 3.95. The molecule has 5 nitrogen and oxygen atoms in total. The predicted octanol–water partition coefficient (Wildman–Crippen LogP) is 3.27. The van der Waals surface area contributed by atoms with Crippen LogP contribution in [0.5, 0.6) is 5.75 Å². The summed E-state index contributed by atoms with van der Waals surface area (Å²) in [5.74, 6) is 0.556. The number of hydrogen-bond acceptors (Lipinski definition) is 4. The number of likely N-dealkylation sites (tertiary alicyclic amines) is 1. The van der Waals surface area contributed by atoms with E-state index in [4.69, 9.17) is 16.3 Å². The van der Waals surface area contributed by atoms with Gasteiger partial charge in [0.25, 0.3) is 5.91 Å². The summed E-state index contributed by atoms with van der Waals surface area (Å²) in [6, 6.07) is 5.91. The quantitative estimate of drug-likeness (QED) is 0.750. The summed E-state index contributed by atoms with van der Waals surface area (Å²) in [6.45, 7) is 8.03. The van der Waals surface area contributed by atoms with Crippen molar-refractivity contribution in [2.75, 3.05) is 40.3 Å². The monoisotopic (exact) mass is 381 g/mol. The Morgan fingerprint density at radius 2 is 2.08 bits per heavy atom. The van der Waals surface area contributed by atoms with Crippen LogP contribution in [0.2, 0.25) is 5.02 Å². The maximum absolute atomic E-state index is 12.2. The van der Waals surface area contributed by atoms with Gasteiger partial charge in [-0.25, -0.2) is 0 Å². The molecule has 1 N–H and O–H groups in total. The lowest BCUT2D eigenvalue weighted by atomic mass is 10.0. The molecule has 1 aromatic carbocycles. The maximum Gasteiger partial charge on any atom is 0.251 e. The van der Waals surface area contributed by atoms with Crippen LogP contribution in [-0.2, 0) is 0 Å². The molecule has 1 atom stereocenters. The molecule has 0 saturated carbocycles. The fourth-order valence-corrected chi connectivity index (χ4v) is 3.33. The van der Waals surface area contributed by atoms with Crippen molar-refractivity contribution in [1.29, 1.82) is 0 Å². The zero-order chi connectivity index (χ0) is 19.1. The third kappa shape index (κ3) is 6.15. The van der Waals surface area contributed by atoms with Crippen LogP contribution in [0.4, 0.5) is 0 Å². The fraction of sp³-hybridized carbons (Fsp3) is 0.650. The lowest BCUT2D eigenvalue weighted by Gasteiger charge is -2.35. The molecular weight excluding hydrogens is 350 g/mol.